The van der Waals surface area contributed by atoms with Crippen LogP contribution in [0.4, 0.5) is 11.4 Å². The van der Waals surface area contributed by atoms with Crippen molar-refractivity contribution in [1.29, 1.82) is 0 Å². The lowest BCUT2D eigenvalue weighted by Crippen LogP contribution is -2.12. The zero-order chi connectivity index (χ0) is 16.4. The maximum absolute atomic E-state index is 5.81. The number of amidine groups is 1. The highest BCUT2D eigenvalue weighted by Gasteiger charge is 2.09. The van der Waals surface area contributed by atoms with E-state index < -0.39 is 0 Å². The first-order valence-electron chi connectivity index (χ1n) is 7.14. The molecule has 0 fully saturated rings. The summed E-state index contributed by atoms with van der Waals surface area (Å²) in [5.74, 6) is 1.14. The third-order valence-corrected chi connectivity index (χ3v) is 3.69. The number of halogens is 1. The fourth-order valence-electron chi connectivity index (χ4n) is 2.21. The predicted octanol–water partition coefficient (Wildman–Crippen LogP) is 3.79. The van der Waals surface area contributed by atoms with E-state index in [-0.39, 0.29) is 5.88 Å². The number of nitrogens with two attached hydrogens (primary N) is 1. The van der Waals surface area contributed by atoms with Crippen LogP contribution < -0.4 is 10.6 Å². The van der Waals surface area contributed by atoms with Gasteiger partial charge in [0.15, 0.2) is 5.58 Å². The largest absolute Gasteiger partial charge is 0.436 e. The van der Waals surface area contributed by atoms with E-state index in [0.717, 1.165) is 16.8 Å². The standard InChI is InChI=1S/C17H17ClN4O/c1-22(2)13-6-3-11(4-7-13)17-21-14-9-12(20-16(19)10-18)5-8-15(14)23-17/h3-9H,10H2,1-2H3,(H2,19,20). The molecule has 1 heterocycles. The third kappa shape index (κ3) is 3.29. The Morgan fingerprint density at radius 1 is 1.22 bits per heavy atom. The van der Waals surface area contributed by atoms with E-state index >= 15 is 0 Å². The van der Waals surface area contributed by atoms with Crippen LogP contribution in [0.2, 0.25) is 0 Å². The Morgan fingerprint density at radius 2 is 1.96 bits per heavy atom. The normalized spacial score (nSPS) is 11.9. The van der Waals surface area contributed by atoms with Crippen LogP contribution in [-0.2, 0) is 0 Å². The predicted molar refractivity (Wildman–Crippen MR) is 95.8 cm³/mol. The van der Waals surface area contributed by atoms with Gasteiger partial charge < -0.3 is 15.1 Å². The second-order valence-corrected chi connectivity index (χ2v) is 5.62. The van der Waals surface area contributed by atoms with Crippen LogP contribution in [0, 0.1) is 0 Å². The summed E-state index contributed by atoms with van der Waals surface area (Å²) in [6, 6.07) is 13.5. The lowest BCUT2D eigenvalue weighted by molar-refractivity contribution is 0.620. The zero-order valence-corrected chi connectivity index (χ0v) is 13.7. The van der Waals surface area contributed by atoms with Crippen LogP contribution in [0.15, 0.2) is 51.9 Å². The first-order valence-corrected chi connectivity index (χ1v) is 7.67. The molecule has 2 aromatic carbocycles. The van der Waals surface area contributed by atoms with Crippen molar-refractivity contribution in [3.05, 3.63) is 42.5 Å². The Morgan fingerprint density at radius 3 is 2.61 bits per heavy atom. The van der Waals surface area contributed by atoms with Crippen molar-refractivity contribution in [3.8, 4) is 11.5 Å². The molecule has 0 bridgehead atoms. The Kier molecular flexibility index (Phi) is 4.21. The molecule has 0 aliphatic rings. The lowest BCUT2D eigenvalue weighted by Gasteiger charge is -2.11. The Labute approximate surface area is 139 Å². The van der Waals surface area contributed by atoms with Crippen LogP contribution in [0.5, 0.6) is 0 Å². The minimum Gasteiger partial charge on any atom is -0.436 e. The number of hydrogen-bond donors (Lipinski definition) is 1. The number of aromatic nitrogens is 1. The van der Waals surface area contributed by atoms with Gasteiger partial charge in [0, 0.05) is 25.3 Å². The molecule has 2 N–H and O–H groups in total. The van der Waals surface area contributed by atoms with E-state index in [9.17, 15) is 0 Å². The van der Waals surface area contributed by atoms with Gasteiger partial charge in [-0.05, 0) is 42.5 Å². The van der Waals surface area contributed by atoms with Crippen molar-refractivity contribution < 1.29 is 4.42 Å². The van der Waals surface area contributed by atoms with Gasteiger partial charge in [-0.1, -0.05) is 0 Å². The average molecular weight is 329 g/mol. The van der Waals surface area contributed by atoms with Gasteiger partial charge in [0.1, 0.15) is 11.4 Å². The molecule has 3 aromatic rings. The molecular weight excluding hydrogens is 312 g/mol. The minimum absolute atomic E-state index is 0.195. The molecule has 0 saturated carbocycles. The second-order valence-electron chi connectivity index (χ2n) is 5.35. The van der Waals surface area contributed by atoms with E-state index in [1.165, 1.54) is 0 Å². The monoisotopic (exact) mass is 328 g/mol. The van der Waals surface area contributed by atoms with E-state index in [0.29, 0.717) is 23.0 Å². The minimum atomic E-state index is 0.195. The summed E-state index contributed by atoms with van der Waals surface area (Å²) in [5, 5.41) is 0. The van der Waals surface area contributed by atoms with Crippen LogP contribution in [-0.4, -0.2) is 30.8 Å². The summed E-state index contributed by atoms with van der Waals surface area (Å²) in [6.07, 6.45) is 0. The molecule has 118 valence electrons. The summed E-state index contributed by atoms with van der Waals surface area (Å²) in [6.45, 7) is 0. The number of anilines is 1. The van der Waals surface area contributed by atoms with Gasteiger partial charge in [0.25, 0.3) is 0 Å². The highest BCUT2D eigenvalue weighted by atomic mass is 35.5. The van der Waals surface area contributed by atoms with E-state index in [2.05, 4.69) is 9.98 Å². The van der Waals surface area contributed by atoms with Crippen molar-refractivity contribution >= 4 is 39.9 Å². The lowest BCUT2D eigenvalue weighted by atomic mass is 10.2. The zero-order valence-electron chi connectivity index (χ0n) is 13.0. The summed E-state index contributed by atoms with van der Waals surface area (Å²) >= 11 is 5.65. The molecule has 0 saturated heterocycles. The molecule has 5 nitrogen and oxygen atoms in total. The molecule has 6 heteroatoms. The SMILES string of the molecule is CN(C)c1ccc(-c2nc3cc(N=C(N)CCl)ccc3o2)cc1. The highest BCUT2D eigenvalue weighted by Crippen LogP contribution is 2.28. The van der Waals surface area contributed by atoms with Gasteiger partial charge in [-0.25, -0.2) is 9.98 Å². The number of alkyl halides is 1. The first kappa shape index (κ1) is 15.4. The second kappa shape index (κ2) is 6.30. The van der Waals surface area contributed by atoms with Crippen molar-refractivity contribution in [2.45, 2.75) is 0 Å². The fraction of sp³-hybridized carbons (Fsp3) is 0.176. The first-order chi connectivity index (χ1) is 11.1. The average Bonchev–Trinajstić information content (AvgIpc) is 2.98. The summed E-state index contributed by atoms with van der Waals surface area (Å²) in [7, 11) is 4.01. The van der Waals surface area contributed by atoms with Gasteiger partial charge in [0.05, 0.1) is 11.6 Å². The summed E-state index contributed by atoms with van der Waals surface area (Å²) < 4.78 is 5.81. The maximum Gasteiger partial charge on any atom is 0.227 e. The molecule has 0 spiro atoms. The van der Waals surface area contributed by atoms with Crippen LogP contribution in [0.3, 0.4) is 0 Å². The third-order valence-electron chi connectivity index (χ3n) is 3.41. The Hall–Kier alpha value is -2.53. The van der Waals surface area contributed by atoms with E-state index in [4.69, 9.17) is 21.8 Å². The molecule has 23 heavy (non-hydrogen) atoms. The number of rotatable bonds is 4. The van der Waals surface area contributed by atoms with Crippen LogP contribution >= 0.6 is 11.6 Å². The summed E-state index contributed by atoms with van der Waals surface area (Å²) in [5.41, 5.74) is 9.86. The van der Waals surface area contributed by atoms with Gasteiger partial charge in [-0.3, -0.25) is 0 Å². The molecule has 0 unspecified atom stereocenters. The van der Waals surface area contributed by atoms with Crippen molar-refractivity contribution in [1.82, 2.24) is 4.98 Å². The number of nitrogens with zero attached hydrogens (tertiary/aromatic N) is 3. The van der Waals surface area contributed by atoms with Crippen LogP contribution in [0.1, 0.15) is 0 Å². The molecule has 3 rings (SSSR count). The van der Waals surface area contributed by atoms with E-state index in [1.54, 1.807) is 0 Å². The molecular formula is C17H17ClN4O. The van der Waals surface area contributed by atoms with Crippen molar-refractivity contribution in [2.75, 3.05) is 24.9 Å². The molecule has 1 aromatic heterocycles. The molecule has 0 amide bonds. The quantitative estimate of drug-likeness (QED) is 0.449. The van der Waals surface area contributed by atoms with Gasteiger partial charge in [-0.2, -0.15) is 0 Å². The number of oxazole rings is 1. The molecule has 0 atom stereocenters. The fourth-order valence-corrected chi connectivity index (χ4v) is 2.27. The summed E-state index contributed by atoms with van der Waals surface area (Å²) in [4.78, 5) is 10.8. The molecule has 0 aliphatic carbocycles. The van der Waals surface area contributed by atoms with Crippen molar-refractivity contribution in [2.24, 2.45) is 10.7 Å². The van der Waals surface area contributed by atoms with Gasteiger partial charge >= 0.3 is 0 Å². The number of aliphatic imine (C=N–C) groups is 1. The van der Waals surface area contributed by atoms with Gasteiger partial charge in [0.2, 0.25) is 5.89 Å². The smallest absolute Gasteiger partial charge is 0.227 e. The number of benzene rings is 2. The maximum atomic E-state index is 5.81. The van der Waals surface area contributed by atoms with Gasteiger partial charge in [-0.15, -0.1) is 11.6 Å². The topological polar surface area (TPSA) is 67.7 Å². The van der Waals surface area contributed by atoms with E-state index in [1.807, 2.05) is 61.5 Å². The van der Waals surface area contributed by atoms with Crippen LogP contribution in [0.25, 0.3) is 22.6 Å². The Bertz CT molecular complexity index is 853. The highest BCUT2D eigenvalue weighted by molar-refractivity contribution is 6.28. The molecule has 0 aliphatic heterocycles. The molecule has 0 radical (unpaired) electrons. The van der Waals surface area contributed by atoms with Crippen molar-refractivity contribution in [3.63, 3.8) is 0 Å². The number of fused-ring (bicyclic) bond motifs is 1. The number of hydrogen-bond acceptors (Lipinski definition) is 4. The Balaban J connectivity index is 1.96.